The van der Waals surface area contributed by atoms with Crippen LogP contribution in [0.2, 0.25) is 0 Å². The van der Waals surface area contributed by atoms with Crippen molar-refractivity contribution in [3.63, 3.8) is 0 Å². The molecular formula is C9H12N4O3. The van der Waals surface area contributed by atoms with E-state index in [4.69, 9.17) is 10.5 Å². The lowest BCUT2D eigenvalue weighted by Crippen LogP contribution is -2.36. The summed E-state index contributed by atoms with van der Waals surface area (Å²) < 4.78 is 5.21. The number of pyridine rings is 1. The Hall–Kier alpha value is -1.89. The Morgan fingerprint density at radius 1 is 1.50 bits per heavy atom. The van der Waals surface area contributed by atoms with E-state index in [0.29, 0.717) is 13.2 Å². The highest BCUT2D eigenvalue weighted by atomic mass is 16.6. The Morgan fingerprint density at radius 3 is 2.75 bits per heavy atom. The van der Waals surface area contributed by atoms with E-state index in [1.165, 1.54) is 6.20 Å². The van der Waals surface area contributed by atoms with Crippen LogP contribution in [0.4, 0.5) is 17.2 Å². The number of hydrogen-bond donors (Lipinski definition) is 1. The van der Waals surface area contributed by atoms with Crippen molar-refractivity contribution in [2.45, 2.75) is 0 Å². The summed E-state index contributed by atoms with van der Waals surface area (Å²) in [5.74, 6) is -0.294. The van der Waals surface area contributed by atoms with E-state index >= 15 is 0 Å². The predicted molar refractivity (Wildman–Crippen MR) is 58.3 cm³/mol. The van der Waals surface area contributed by atoms with Crippen molar-refractivity contribution in [3.8, 4) is 0 Å². The van der Waals surface area contributed by atoms with Gasteiger partial charge in [0.05, 0.1) is 18.9 Å². The Morgan fingerprint density at radius 2 is 2.19 bits per heavy atom. The highest BCUT2D eigenvalue weighted by Crippen LogP contribution is 2.24. The van der Waals surface area contributed by atoms with Gasteiger partial charge in [0.2, 0.25) is 0 Å². The molecule has 7 heteroatoms. The maximum Gasteiger partial charge on any atom is 0.386 e. The average Bonchev–Trinajstić information content (AvgIpc) is 2.29. The maximum atomic E-state index is 10.5. The summed E-state index contributed by atoms with van der Waals surface area (Å²) in [5.41, 5.74) is 6.46. The molecule has 86 valence electrons. The quantitative estimate of drug-likeness (QED) is 0.577. The van der Waals surface area contributed by atoms with Crippen LogP contribution in [0.25, 0.3) is 0 Å². The van der Waals surface area contributed by atoms with Crippen molar-refractivity contribution in [2.24, 2.45) is 0 Å². The SMILES string of the molecule is Nc1cc(N2CCOCC2)cnc1[N+](=O)[O-]. The van der Waals surface area contributed by atoms with Crippen LogP contribution in [0.3, 0.4) is 0 Å². The van der Waals surface area contributed by atoms with Crippen LogP contribution < -0.4 is 10.6 Å². The molecule has 1 aromatic heterocycles. The van der Waals surface area contributed by atoms with Gasteiger partial charge < -0.3 is 25.5 Å². The molecule has 2 heterocycles. The molecule has 1 saturated heterocycles. The highest BCUT2D eigenvalue weighted by molar-refractivity contribution is 5.62. The molecule has 0 unspecified atom stereocenters. The van der Waals surface area contributed by atoms with Gasteiger partial charge in [0.1, 0.15) is 5.69 Å². The third-order valence-electron chi connectivity index (χ3n) is 2.43. The number of nitrogen functional groups attached to an aromatic ring is 1. The Kier molecular flexibility index (Phi) is 2.86. The number of ether oxygens (including phenoxy) is 1. The van der Waals surface area contributed by atoms with Crippen molar-refractivity contribution in [1.29, 1.82) is 0 Å². The van der Waals surface area contributed by atoms with E-state index in [9.17, 15) is 10.1 Å². The van der Waals surface area contributed by atoms with Crippen LogP contribution >= 0.6 is 0 Å². The molecule has 0 radical (unpaired) electrons. The minimum atomic E-state index is -0.585. The number of rotatable bonds is 2. The smallest absolute Gasteiger partial charge is 0.386 e. The number of nitro groups is 1. The zero-order valence-corrected chi connectivity index (χ0v) is 8.63. The molecule has 2 N–H and O–H groups in total. The lowest BCUT2D eigenvalue weighted by atomic mass is 10.3. The first-order valence-electron chi connectivity index (χ1n) is 4.91. The van der Waals surface area contributed by atoms with Gasteiger partial charge in [0, 0.05) is 13.1 Å². The fourth-order valence-corrected chi connectivity index (χ4v) is 1.61. The van der Waals surface area contributed by atoms with Gasteiger partial charge in [-0.2, -0.15) is 0 Å². The average molecular weight is 224 g/mol. The predicted octanol–water partition coefficient (Wildman–Crippen LogP) is 0.409. The van der Waals surface area contributed by atoms with Gasteiger partial charge in [-0.05, 0) is 16.0 Å². The molecule has 0 atom stereocenters. The Bertz CT molecular complexity index is 404. The first-order valence-corrected chi connectivity index (χ1v) is 4.91. The Labute approximate surface area is 92.0 Å². The number of anilines is 2. The molecule has 0 aliphatic carbocycles. The van der Waals surface area contributed by atoms with Crippen molar-refractivity contribution >= 4 is 17.2 Å². The number of morpholine rings is 1. The molecule has 0 saturated carbocycles. The van der Waals surface area contributed by atoms with Crippen LogP contribution in [0.5, 0.6) is 0 Å². The van der Waals surface area contributed by atoms with E-state index in [1.807, 2.05) is 4.90 Å². The summed E-state index contributed by atoms with van der Waals surface area (Å²) in [5, 5.41) is 10.5. The Balaban J connectivity index is 2.23. The number of hydrogen-bond acceptors (Lipinski definition) is 6. The van der Waals surface area contributed by atoms with Gasteiger partial charge in [0.15, 0.2) is 6.20 Å². The molecule has 1 aromatic rings. The topological polar surface area (TPSA) is 94.5 Å². The van der Waals surface area contributed by atoms with E-state index < -0.39 is 4.92 Å². The lowest BCUT2D eigenvalue weighted by molar-refractivity contribution is -0.388. The summed E-state index contributed by atoms with van der Waals surface area (Å²) in [6.07, 6.45) is 1.47. The van der Waals surface area contributed by atoms with Gasteiger partial charge >= 0.3 is 5.82 Å². The summed E-state index contributed by atoms with van der Waals surface area (Å²) >= 11 is 0. The molecule has 0 spiro atoms. The maximum absolute atomic E-state index is 10.5. The molecule has 1 fully saturated rings. The molecule has 7 nitrogen and oxygen atoms in total. The summed E-state index contributed by atoms with van der Waals surface area (Å²) in [6.45, 7) is 2.80. The second-order valence-corrected chi connectivity index (χ2v) is 3.46. The minimum Gasteiger partial charge on any atom is -0.392 e. The second kappa shape index (κ2) is 4.31. The summed E-state index contributed by atoms with van der Waals surface area (Å²) in [4.78, 5) is 15.7. The van der Waals surface area contributed by atoms with Crippen LogP contribution in [0, 0.1) is 10.1 Å². The third-order valence-corrected chi connectivity index (χ3v) is 2.43. The summed E-state index contributed by atoms with van der Waals surface area (Å²) in [6, 6.07) is 1.58. The molecule has 0 amide bonds. The van der Waals surface area contributed by atoms with Crippen LogP contribution in [-0.4, -0.2) is 36.2 Å². The molecule has 2 rings (SSSR count). The van der Waals surface area contributed by atoms with Crippen LogP contribution in [-0.2, 0) is 4.74 Å². The third kappa shape index (κ3) is 2.03. The largest absolute Gasteiger partial charge is 0.392 e. The van der Waals surface area contributed by atoms with Crippen LogP contribution in [0.15, 0.2) is 12.3 Å². The molecule has 0 aromatic carbocycles. The molecule has 1 aliphatic heterocycles. The monoisotopic (exact) mass is 224 g/mol. The highest BCUT2D eigenvalue weighted by Gasteiger charge is 2.18. The first kappa shape index (κ1) is 10.6. The van der Waals surface area contributed by atoms with Gasteiger partial charge in [-0.15, -0.1) is 0 Å². The van der Waals surface area contributed by atoms with Crippen molar-refractivity contribution in [3.05, 3.63) is 22.4 Å². The number of nitrogens with zero attached hydrogens (tertiary/aromatic N) is 3. The van der Waals surface area contributed by atoms with Crippen molar-refractivity contribution in [2.75, 3.05) is 36.9 Å². The lowest BCUT2D eigenvalue weighted by Gasteiger charge is -2.27. The summed E-state index contributed by atoms with van der Waals surface area (Å²) in [7, 11) is 0. The zero-order valence-electron chi connectivity index (χ0n) is 8.63. The van der Waals surface area contributed by atoms with Crippen LogP contribution in [0.1, 0.15) is 0 Å². The van der Waals surface area contributed by atoms with Gasteiger partial charge in [0.25, 0.3) is 0 Å². The van der Waals surface area contributed by atoms with E-state index in [2.05, 4.69) is 4.98 Å². The zero-order chi connectivity index (χ0) is 11.5. The standard InChI is InChI=1S/C9H12N4O3/c10-8-5-7(6-11-9(8)13(14)15)12-1-3-16-4-2-12/h5-6H,1-4,10H2. The molecular weight excluding hydrogens is 212 g/mol. The normalized spacial score (nSPS) is 16.1. The first-order chi connectivity index (χ1) is 7.68. The second-order valence-electron chi connectivity index (χ2n) is 3.46. The minimum absolute atomic E-state index is 0.0917. The van der Waals surface area contributed by atoms with Crippen molar-refractivity contribution < 1.29 is 9.66 Å². The van der Waals surface area contributed by atoms with Gasteiger partial charge in [-0.25, -0.2) is 0 Å². The number of aromatic nitrogens is 1. The fraction of sp³-hybridized carbons (Fsp3) is 0.444. The molecule has 0 bridgehead atoms. The number of nitrogens with two attached hydrogens (primary N) is 1. The van der Waals surface area contributed by atoms with Gasteiger partial charge in [-0.1, -0.05) is 0 Å². The molecule has 16 heavy (non-hydrogen) atoms. The van der Waals surface area contributed by atoms with E-state index in [1.54, 1.807) is 6.07 Å². The van der Waals surface area contributed by atoms with E-state index in [0.717, 1.165) is 18.8 Å². The fourth-order valence-electron chi connectivity index (χ4n) is 1.61. The van der Waals surface area contributed by atoms with Gasteiger partial charge in [-0.3, -0.25) is 0 Å². The van der Waals surface area contributed by atoms with E-state index in [-0.39, 0.29) is 11.5 Å². The molecule has 1 aliphatic rings. The van der Waals surface area contributed by atoms with Crippen molar-refractivity contribution in [1.82, 2.24) is 4.98 Å².